The zero-order valence-corrected chi connectivity index (χ0v) is 17.5. The summed E-state index contributed by atoms with van der Waals surface area (Å²) in [6, 6.07) is 17.9. The van der Waals surface area contributed by atoms with Gasteiger partial charge in [0, 0.05) is 0 Å². The first-order valence-corrected chi connectivity index (χ1v) is 9.03. The number of aliphatic hydroxyl groups is 1. The number of quaternary nitrogens is 1. The van der Waals surface area contributed by atoms with Gasteiger partial charge in [0.15, 0.2) is 0 Å². The molecule has 0 aliphatic rings. The van der Waals surface area contributed by atoms with Crippen molar-refractivity contribution in [2.45, 2.75) is 44.9 Å². The van der Waals surface area contributed by atoms with Crippen LogP contribution >= 0.6 is 0 Å². The molecular weight excluding hydrogens is 362 g/mol. The first kappa shape index (κ1) is 23.2. The van der Waals surface area contributed by atoms with Crippen molar-refractivity contribution < 1.29 is 31.9 Å². The normalized spacial score (nSPS) is 14.0. The van der Waals surface area contributed by atoms with Crippen molar-refractivity contribution in [2.24, 2.45) is 0 Å². The fourth-order valence-electron chi connectivity index (χ4n) is 2.81. The van der Waals surface area contributed by atoms with Crippen molar-refractivity contribution in [3.8, 4) is 0 Å². The maximum Gasteiger partial charge on any atom is 0.348 e. The quantitative estimate of drug-likeness (QED) is 0.632. The van der Waals surface area contributed by atoms with E-state index in [0.717, 1.165) is 0 Å². The van der Waals surface area contributed by atoms with Crippen molar-refractivity contribution in [3.63, 3.8) is 0 Å². The van der Waals surface area contributed by atoms with Crippen molar-refractivity contribution in [3.05, 3.63) is 71.8 Å². The van der Waals surface area contributed by atoms with Crippen LogP contribution < -0.4 is 17.3 Å². The molecule has 0 spiro atoms. The third kappa shape index (κ3) is 5.55. The number of rotatable bonds is 6. The summed E-state index contributed by atoms with van der Waals surface area (Å²) in [6.07, 6.45) is -0.319. The van der Waals surface area contributed by atoms with E-state index in [-0.39, 0.29) is 24.0 Å². The summed E-state index contributed by atoms with van der Waals surface area (Å²) >= 11 is 0. The molecule has 27 heavy (non-hydrogen) atoms. The maximum atomic E-state index is 13.0. The second kappa shape index (κ2) is 9.36. The molecule has 0 radical (unpaired) electrons. The van der Waals surface area contributed by atoms with Gasteiger partial charge in [0.25, 0.3) is 0 Å². The lowest BCUT2D eigenvalue weighted by Gasteiger charge is -2.32. The van der Waals surface area contributed by atoms with E-state index in [1.54, 1.807) is 48.5 Å². The molecule has 4 nitrogen and oxygen atoms in total. The van der Waals surface area contributed by atoms with E-state index in [0.29, 0.717) is 17.7 Å². The molecular formula is C22H30ClNO3. The van der Waals surface area contributed by atoms with Crippen molar-refractivity contribution in [1.29, 1.82) is 0 Å². The maximum absolute atomic E-state index is 13.0. The molecule has 0 fully saturated rings. The lowest BCUT2D eigenvalue weighted by molar-refractivity contribution is -0.930. The molecule has 0 aromatic heterocycles. The predicted octanol–water partition coefficient (Wildman–Crippen LogP) is -0.829. The molecule has 5 heteroatoms. The molecule has 0 saturated carbocycles. The molecule has 2 aromatic rings. The Labute approximate surface area is 168 Å². The van der Waals surface area contributed by atoms with Gasteiger partial charge in [-0.25, -0.2) is 4.79 Å². The molecule has 2 N–H and O–H groups in total. The minimum atomic E-state index is -1.83. The number of carbonyl (C=O) groups is 1. The fraction of sp³-hybridized carbons (Fsp3) is 0.409. The number of halogens is 1. The summed E-state index contributed by atoms with van der Waals surface area (Å²) in [7, 11) is 2.07. The largest absolute Gasteiger partial charge is 1.00 e. The Morgan fingerprint density at radius 3 is 1.78 bits per heavy atom. The summed E-state index contributed by atoms with van der Waals surface area (Å²) in [4.78, 5) is 14.3. The van der Waals surface area contributed by atoms with Gasteiger partial charge in [-0.2, -0.15) is 0 Å². The molecule has 148 valence electrons. The molecule has 2 rings (SSSR count). The highest BCUT2D eigenvalue weighted by Gasteiger charge is 2.42. The van der Waals surface area contributed by atoms with Gasteiger partial charge in [0.2, 0.25) is 5.60 Å². The molecule has 2 unspecified atom stereocenters. The third-order valence-electron chi connectivity index (χ3n) is 4.86. The number of ether oxygens (including phenoxy) is 1. The first-order valence-electron chi connectivity index (χ1n) is 9.03. The molecule has 0 heterocycles. The molecule has 2 aromatic carbocycles. The van der Waals surface area contributed by atoms with E-state index in [1.165, 1.54) is 4.90 Å². The number of hydrogen-bond donors (Lipinski definition) is 2. The molecule has 2 atom stereocenters. The van der Waals surface area contributed by atoms with Gasteiger partial charge in [0.05, 0.1) is 12.6 Å². The lowest BCUT2D eigenvalue weighted by Crippen LogP contribution is -3.17. The molecule has 0 aliphatic carbocycles. The van der Waals surface area contributed by atoms with E-state index in [2.05, 4.69) is 27.8 Å². The smallest absolute Gasteiger partial charge is 0.348 e. The summed E-state index contributed by atoms with van der Waals surface area (Å²) in [6.45, 7) is 8.95. The predicted molar refractivity (Wildman–Crippen MR) is 103 cm³/mol. The molecule has 0 aliphatic heterocycles. The van der Waals surface area contributed by atoms with E-state index in [9.17, 15) is 9.90 Å². The van der Waals surface area contributed by atoms with Gasteiger partial charge >= 0.3 is 5.97 Å². The van der Waals surface area contributed by atoms with Crippen LogP contribution in [0.1, 0.15) is 38.8 Å². The van der Waals surface area contributed by atoms with Crippen LogP contribution in [0.15, 0.2) is 60.7 Å². The van der Waals surface area contributed by atoms with Crippen LogP contribution in [0.25, 0.3) is 0 Å². The minimum absolute atomic E-state index is 0. The minimum Gasteiger partial charge on any atom is -1.00 e. The number of carbonyl (C=O) groups excluding carboxylic acids is 1. The van der Waals surface area contributed by atoms with Gasteiger partial charge in [0.1, 0.15) is 12.6 Å². The monoisotopic (exact) mass is 391 g/mol. The Bertz CT molecular complexity index is 674. The van der Waals surface area contributed by atoms with Gasteiger partial charge in [-0.15, -0.1) is 0 Å². The standard InChI is InChI=1S/C22H29NO3.ClH/c1-17(16-23(5)21(2,3)4)26-20(24)22(25,18-12-8-6-9-13-18)19-14-10-7-11-15-19;/h6-15,17,25H,16H2,1-5H3;1H. The molecule has 0 bridgehead atoms. The van der Waals surface area contributed by atoms with Crippen molar-refractivity contribution in [2.75, 3.05) is 13.6 Å². The Morgan fingerprint density at radius 2 is 1.41 bits per heavy atom. The second-order valence-corrected chi connectivity index (χ2v) is 7.89. The Hall–Kier alpha value is -1.88. The number of benzene rings is 2. The topological polar surface area (TPSA) is 51.0 Å². The van der Waals surface area contributed by atoms with Crippen LogP contribution in [0.2, 0.25) is 0 Å². The summed E-state index contributed by atoms with van der Waals surface area (Å²) < 4.78 is 5.68. The van der Waals surface area contributed by atoms with Gasteiger partial charge < -0.3 is 27.2 Å². The number of hydrogen-bond acceptors (Lipinski definition) is 3. The highest BCUT2D eigenvalue weighted by atomic mass is 35.5. The highest BCUT2D eigenvalue weighted by molar-refractivity contribution is 5.85. The fourth-order valence-corrected chi connectivity index (χ4v) is 2.81. The molecule has 0 saturated heterocycles. The summed E-state index contributed by atoms with van der Waals surface area (Å²) in [5, 5.41) is 11.4. The summed E-state index contributed by atoms with van der Waals surface area (Å²) in [5.41, 5.74) is -0.776. The average Bonchev–Trinajstić information content (AvgIpc) is 2.61. The van der Waals surface area contributed by atoms with Crippen LogP contribution in [-0.4, -0.2) is 36.3 Å². The SMILES string of the molecule is CC(C[NH+](C)C(C)(C)C)OC(=O)C(O)(c1ccccc1)c1ccccc1.[Cl-]. The van der Waals surface area contributed by atoms with Crippen LogP contribution in [-0.2, 0) is 15.1 Å². The highest BCUT2D eigenvalue weighted by Crippen LogP contribution is 2.31. The molecule has 0 amide bonds. The zero-order chi connectivity index (χ0) is 19.4. The Morgan fingerprint density at radius 1 is 1.00 bits per heavy atom. The van der Waals surface area contributed by atoms with Crippen LogP contribution in [0.4, 0.5) is 0 Å². The van der Waals surface area contributed by atoms with E-state index in [1.807, 2.05) is 19.1 Å². The van der Waals surface area contributed by atoms with Crippen LogP contribution in [0, 0.1) is 0 Å². The second-order valence-electron chi connectivity index (χ2n) is 7.89. The third-order valence-corrected chi connectivity index (χ3v) is 4.86. The summed E-state index contributed by atoms with van der Waals surface area (Å²) in [5.74, 6) is -0.649. The lowest BCUT2D eigenvalue weighted by atomic mass is 9.86. The van der Waals surface area contributed by atoms with Crippen LogP contribution in [0.3, 0.4) is 0 Å². The van der Waals surface area contributed by atoms with Gasteiger partial charge in [-0.1, -0.05) is 60.7 Å². The van der Waals surface area contributed by atoms with Gasteiger partial charge in [-0.05, 0) is 38.8 Å². The number of likely N-dealkylation sites (N-methyl/N-ethyl adjacent to an activating group) is 1. The van der Waals surface area contributed by atoms with Gasteiger partial charge in [-0.3, -0.25) is 0 Å². The Kier molecular flexibility index (Phi) is 8.03. The van der Waals surface area contributed by atoms with E-state index in [4.69, 9.17) is 4.74 Å². The van der Waals surface area contributed by atoms with Crippen molar-refractivity contribution >= 4 is 5.97 Å². The van der Waals surface area contributed by atoms with Crippen LogP contribution in [0.5, 0.6) is 0 Å². The van der Waals surface area contributed by atoms with E-state index >= 15 is 0 Å². The first-order chi connectivity index (χ1) is 12.2. The number of nitrogens with one attached hydrogen (secondary N) is 1. The Balaban J connectivity index is 0.00000364. The number of esters is 1. The zero-order valence-electron chi connectivity index (χ0n) is 16.7. The van der Waals surface area contributed by atoms with Crippen molar-refractivity contribution in [1.82, 2.24) is 0 Å². The van der Waals surface area contributed by atoms with E-state index < -0.39 is 11.6 Å². The average molecular weight is 392 g/mol.